The Kier molecular flexibility index (Phi) is 4.69. The van der Waals surface area contributed by atoms with Crippen LogP contribution in [0.2, 0.25) is 10.0 Å². The Morgan fingerprint density at radius 2 is 2.14 bits per heavy atom. The molecule has 0 heterocycles. The van der Waals surface area contributed by atoms with Gasteiger partial charge in [0.15, 0.2) is 0 Å². The first-order valence-corrected chi connectivity index (χ1v) is 5.17. The minimum absolute atomic E-state index is 0.0739. The van der Waals surface area contributed by atoms with Crippen LogP contribution in [-0.4, -0.2) is 18.8 Å². The molecule has 1 aromatic carbocycles. The highest BCUT2D eigenvalue weighted by Gasteiger charge is 2.11. The number of hydrogen-bond donors (Lipinski definition) is 2. The highest BCUT2D eigenvalue weighted by molar-refractivity contribution is 6.35. The summed E-state index contributed by atoms with van der Waals surface area (Å²) in [5.74, 6) is 0. The molecule has 0 saturated carbocycles. The lowest BCUT2D eigenvalue weighted by molar-refractivity contribution is 0.269. The summed E-state index contributed by atoms with van der Waals surface area (Å²) in [5.41, 5.74) is 0.965. The highest BCUT2D eigenvalue weighted by atomic mass is 35.5. The zero-order chi connectivity index (χ0) is 10.6. The summed E-state index contributed by atoms with van der Waals surface area (Å²) < 4.78 is 0. The monoisotopic (exact) mass is 233 g/mol. The summed E-state index contributed by atoms with van der Waals surface area (Å²) >= 11 is 11.8. The van der Waals surface area contributed by atoms with Crippen LogP contribution in [0.4, 0.5) is 0 Å². The van der Waals surface area contributed by atoms with Crippen molar-refractivity contribution in [3.8, 4) is 0 Å². The Balaban J connectivity index is 2.92. The van der Waals surface area contributed by atoms with Crippen LogP contribution < -0.4 is 5.32 Å². The maximum Gasteiger partial charge on any atom is 0.0468 e. The van der Waals surface area contributed by atoms with E-state index in [1.165, 1.54) is 0 Å². The third-order valence-corrected chi connectivity index (χ3v) is 2.67. The van der Waals surface area contributed by atoms with Crippen LogP contribution >= 0.6 is 23.2 Å². The van der Waals surface area contributed by atoms with Gasteiger partial charge in [-0.2, -0.15) is 0 Å². The van der Waals surface area contributed by atoms with E-state index in [0.29, 0.717) is 16.5 Å². The minimum Gasteiger partial charge on any atom is -0.396 e. The first kappa shape index (κ1) is 11.8. The van der Waals surface area contributed by atoms with Gasteiger partial charge < -0.3 is 10.4 Å². The van der Waals surface area contributed by atoms with Gasteiger partial charge in [0.1, 0.15) is 0 Å². The van der Waals surface area contributed by atoms with E-state index in [1.54, 1.807) is 12.1 Å². The number of nitrogens with one attached hydrogen (secondary N) is 1. The Morgan fingerprint density at radius 1 is 1.43 bits per heavy atom. The summed E-state index contributed by atoms with van der Waals surface area (Å²) in [5, 5.41) is 13.2. The fraction of sp³-hybridized carbons (Fsp3) is 0.400. The molecule has 0 fully saturated rings. The van der Waals surface area contributed by atoms with Crippen molar-refractivity contribution in [2.24, 2.45) is 0 Å². The standard InChI is InChI=1S/C10H13Cl2NO/c1-13-10(4-5-14)8-3-2-7(11)6-9(8)12/h2-3,6,10,13-14H,4-5H2,1H3. The molecule has 0 aliphatic carbocycles. The Hall–Kier alpha value is -0.280. The molecule has 0 aliphatic heterocycles. The molecule has 0 saturated heterocycles. The van der Waals surface area contributed by atoms with Crippen molar-refractivity contribution in [2.75, 3.05) is 13.7 Å². The number of hydrogen-bond acceptors (Lipinski definition) is 2. The molecule has 4 heteroatoms. The number of halogens is 2. The van der Waals surface area contributed by atoms with Crippen LogP contribution in [0.1, 0.15) is 18.0 Å². The molecule has 1 atom stereocenters. The van der Waals surface area contributed by atoms with Gasteiger partial charge in [-0.3, -0.25) is 0 Å². The quantitative estimate of drug-likeness (QED) is 0.839. The van der Waals surface area contributed by atoms with E-state index < -0.39 is 0 Å². The van der Waals surface area contributed by atoms with Gasteiger partial charge in [-0.25, -0.2) is 0 Å². The molecular weight excluding hydrogens is 221 g/mol. The normalized spacial score (nSPS) is 12.9. The zero-order valence-electron chi connectivity index (χ0n) is 7.93. The first-order valence-electron chi connectivity index (χ1n) is 4.42. The van der Waals surface area contributed by atoms with E-state index in [1.807, 2.05) is 13.1 Å². The van der Waals surface area contributed by atoms with E-state index in [4.69, 9.17) is 28.3 Å². The van der Waals surface area contributed by atoms with Crippen molar-refractivity contribution in [3.63, 3.8) is 0 Å². The molecule has 0 amide bonds. The lowest BCUT2D eigenvalue weighted by Crippen LogP contribution is -2.17. The minimum atomic E-state index is 0.0739. The summed E-state index contributed by atoms with van der Waals surface area (Å²) in [6.07, 6.45) is 0.637. The number of aliphatic hydroxyl groups is 1. The molecule has 14 heavy (non-hydrogen) atoms. The van der Waals surface area contributed by atoms with Crippen molar-refractivity contribution in [1.82, 2.24) is 5.32 Å². The third kappa shape index (κ3) is 2.85. The van der Waals surface area contributed by atoms with E-state index in [-0.39, 0.29) is 12.6 Å². The first-order chi connectivity index (χ1) is 6.69. The summed E-state index contributed by atoms with van der Waals surface area (Å²) in [6.45, 7) is 0.129. The Morgan fingerprint density at radius 3 is 2.64 bits per heavy atom. The average molecular weight is 234 g/mol. The van der Waals surface area contributed by atoms with E-state index in [0.717, 1.165) is 5.56 Å². The topological polar surface area (TPSA) is 32.3 Å². The van der Waals surface area contributed by atoms with Gasteiger partial charge in [0, 0.05) is 22.7 Å². The summed E-state index contributed by atoms with van der Waals surface area (Å²) in [7, 11) is 1.84. The largest absolute Gasteiger partial charge is 0.396 e. The van der Waals surface area contributed by atoms with E-state index in [2.05, 4.69) is 5.32 Å². The molecular formula is C10H13Cl2NO. The molecule has 2 N–H and O–H groups in total. The summed E-state index contributed by atoms with van der Waals surface area (Å²) in [4.78, 5) is 0. The van der Waals surface area contributed by atoms with Crippen LogP contribution in [-0.2, 0) is 0 Å². The Labute approximate surface area is 93.8 Å². The van der Waals surface area contributed by atoms with Crippen LogP contribution in [0.5, 0.6) is 0 Å². The van der Waals surface area contributed by atoms with Gasteiger partial charge in [-0.15, -0.1) is 0 Å². The van der Waals surface area contributed by atoms with Gasteiger partial charge in [-0.1, -0.05) is 29.3 Å². The average Bonchev–Trinajstić information content (AvgIpc) is 2.15. The molecule has 0 aromatic heterocycles. The van der Waals surface area contributed by atoms with Crippen molar-refractivity contribution in [1.29, 1.82) is 0 Å². The molecule has 1 unspecified atom stereocenters. The predicted octanol–water partition coefficient (Wildman–Crippen LogP) is 2.64. The molecule has 78 valence electrons. The lowest BCUT2D eigenvalue weighted by Gasteiger charge is -2.16. The second-order valence-corrected chi connectivity index (χ2v) is 3.86. The molecule has 1 rings (SSSR count). The highest BCUT2D eigenvalue weighted by Crippen LogP contribution is 2.27. The van der Waals surface area contributed by atoms with Crippen molar-refractivity contribution >= 4 is 23.2 Å². The zero-order valence-corrected chi connectivity index (χ0v) is 9.44. The van der Waals surface area contributed by atoms with Gasteiger partial charge >= 0.3 is 0 Å². The summed E-state index contributed by atoms with van der Waals surface area (Å²) in [6, 6.07) is 5.45. The maximum atomic E-state index is 8.87. The van der Waals surface area contributed by atoms with Gasteiger partial charge in [0.05, 0.1) is 0 Å². The molecule has 0 radical (unpaired) electrons. The third-order valence-electron chi connectivity index (χ3n) is 2.10. The van der Waals surface area contributed by atoms with E-state index in [9.17, 15) is 0 Å². The number of benzene rings is 1. The smallest absolute Gasteiger partial charge is 0.0468 e. The van der Waals surface area contributed by atoms with Crippen molar-refractivity contribution in [2.45, 2.75) is 12.5 Å². The second kappa shape index (κ2) is 5.56. The van der Waals surface area contributed by atoms with Crippen LogP contribution in [0.3, 0.4) is 0 Å². The fourth-order valence-corrected chi connectivity index (χ4v) is 1.91. The van der Waals surface area contributed by atoms with Gasteiger partial charge in [0.25, 0.3) is 0 Å². The molecule has 0 bridgehead atoms. The van der Waals surface area contributed by atoms with Gasteiger partial charge in [-0.05, 0) is 31.2 Å². The van der Waals surface area contributed by atoms with Gasteiger partial charge in [0.2, 0.25) is 0 Å². The lowest BCUT2D eigenvalue weighted by atomic mass is 10.0. The number of aliphatic hydroxyl groups excluding tert-OH is 1. The molecule has 0 aliphatic rings. The van der Waals surface area contributed by atoms with Crippen LogP contribution in [0.25, 0.3) is 0 Å². The predicted molar refractivity (Wildman–Crippen MR) is 60.0 cm³/mol. The van der Waals surface area contributed by atoms with Crippen molar-refractivity contribution in [3.05, 3.63) is 33.8 Å². The molecule has 1 aromatic rings. The van der Waals surface area contributed by atoms with Crippen LogP contribution in [0, 0.1) is 0 Å². The number of rotatable bonds is 4. The molecule has 2 nitrogen and oxygen atoms in total. The fourth-order valence-electron chi connectivity index (χ4n) is 1.37. The van der Waals surface area contributed by atoms with Crippen LogP contribution in [0.15, 0.2) is 18.2 Å². The van der Waals surface area contributed by atoms with E-state index >= 15 is 0 Å². The molecule has 0 spiro atoms. The second-order valence-electron chi connectivity index (χ2n) is 3.02. The van der Waals surface area contributed by atoms with Crippen molar-refractivity contribution < 1.29 is 5.11 Å². The SMILES string of the molecule is CNC(CCO)c1ccc(Cl)cc1Cl. The maximum absolute atomic E-state index is 8.87. The Bertz CT molecular complexity index is 304.